The van der Waals surface area contributed by atoms with Crippen molar-refractivity contribution < 1.29 is 57.4 Å². The maximum atomic E-state index is 14.1. The van der Waals surface area contributed by atoms with Gasteiger partial charge in [0, 0.05) is 44.6 Å². The summed E-state index contributed by atoms with van der Waals surface area (Å²) in [6.07, 6.45) is -6.95. The number of nitrogens with one attached hydrogen (secondary N) is 1. The summed E-state index contributed by atoms with van der Waals surface area (Å²) in [7, 11) is 6.59. The number of hydrogen-bond donors (Lipinski definition) is 3. The van der Waals surface area contributed by atoms with Crippen molar-refractivity contribution in [3.05, 3.63) is 35.6 Å². The molecule has 1 aromatic rings. The Morgan fingerprint density at radius 1 is 1.04 bits per heavy atom. The van der Waals surface area contributed by atoms with Crippen LogP contribution in [0.5, 0.6) is 0 Å². The summed E-state index contributed by atoms with van der Waals surface area (Å²) < 4.78 is 50.4. The summed E-state index contributed by atoms with van der Waals surface area (Å²) in [6, 6.07) is 5.29. The molecular weight excluding hydrogens is 691 g/mol. The molecule has 3 N–H and O–H groups in total. The molecule has 0 unspecified atom stereocenters. The van der Waals surface area contributed by atoms with E-state index in [9.17, 15) is 29.0 Å². The summed E-state index contributed by atoms with van der Waals surface area (Å²) in [5.74, 6) is -4.86. The van der Waals surface area contributed by atoms with Crippen LogP contribution >= 0.6 is 0 Å². The monoisotopic (exact) mass is 754 g/mol. The highest BCUT2D eigenvalue weighted by Gasteiger charge is 2.53. The first-order chi connectivity index (χ1) is 24.7. The van der Waals surface area contributed by atoms with Crippen molar-refractivity contribution in [3.63, 3.8) is 0 Å². The Morgan fingerprint density at radius 3 is 2.21 bits per heavy atom. The van der Waals surface area contributed by atoms with Crippen LogP contribution in [-0.2, 0) is 44.6 Å². The second-order valence-electron chi connectivity index (χ2n) is 15.7. The number of cyclic esters (lactones) is 1. The van der Waals surface area contributed by atoms with E-state index in [1.807, 2.05) is 25.9 Å². The number of halogens is 1. The van der Waals surface area contributed by atoms with Crippen LogP contribution in [0.15, 0.2) is 24.3 Å². The molecule has 0 spiro atoms. The lowest BCUT2D eigenvalue weighted by molar-refractivity contribution is -0.301. The molecule has 0 radical (unpaired) electrons. The number of benzene rings is 1. The van der Waals surface area contributed by atoms with Crippen LogP contribution in [0.25, 0.3) is 0 Å². The van der Waals surface area contributed by atoms with Gasteiger partial charge in [-0.3, -0.25) is 9.59 Å². The summed E-state index contributed by atoms with van der Waals surface area (Å²) in [5, 5.41) is 26.1. The van der Waals surface area contributed by atoms with E-state index in [1.165, 1.54) is 45.4 Å². The quantitative estimate of drug-likeness (QED) is 0.308. The molecule has 2 fully saturated rings. The first-order valence-electron chi connectivity index (χ1n) is 18.6. The standard InChI is InChI=1S/C39H63FN2O11/c1-13-29-39(8,47)34(48-11)23(4)30(43)21(2)19-38(7,49-12)33(53-36-31(44)28(42(9)10)18-22(3)50-36)24(5)32(25(6)35(45)51-29)52-37(46)41-20-26-14-16-27(40)17-15-26/h14-17,21-25,28-29,31-34,36,44,47H,13,18-20H2,1-12H3,(H,41,46)/t21-,22-,23+,24+,25-,28+,29-,31-,32+,33-,34-,36+,38-,39-/m1/s1. The van der Waals surface area contributed by atoms with Gasteiger partial charge in [0.15, 0.2) is 6.29 Å². The normalized spacial score (nSPS) is 39.2. The van der Waals surface area contributed by atoms with Crippen LogP contribution in [0.3, 0.4) is 0 Å². The number of amides is 1. The van der Waals surface area contributed by atoms with Crippen LogP contribution in [-0.4, -0.2) is 121 Å². The molecule has 0 aromatic heterocycles. The first-order valence-corrected chi connectivity index (χ1v) is 18.6. The number of carbonyl (C=O) groups excluding carboxylic acids is 3. The zero-order valence-corrected chi connectivity index (χ0v) is 33.5. The minimum absolute atomic E-state index is 0.0116. The molecule has 13 nitrogen and oxygen atoms in total. The Labute approximate surface area is 314 Å². The lowest BCUT2D eigenvalue weighted by Crippen LogP contribution is -2.61. The second-order valence-corrected chi connectivity index (χ2v) is 15.7. The summed E-state index contributed by atoms with van der Waals surface area (Å²) in [6.45, 7) is 13.6. The van der Waals surface area contributed by atoms with Crippen molar-refractivity contribution in [1.29, 1.82) is 0 Å². The summed E-state index contributed by atoms with van der Waals surface area (Å²) >= 11 is 0. The van der Waals surface area contributed by atoms with Crippen LogP contribution in [0.1, 0.15) is 80.2 Å². The third-order valence-corrected chi connectivity index (χ3v) is 11.3. The molecule has 2 aliphatic rings. The molecule has 14 heteroatoms. The zero-order chi connectivity index (χ0) is 40.0. The number of aliphatic hydroxyl groups is 2. The van der Waals surface area contributed by atoms with Gasteiger partial charge in [0.1, 0.15) is 35.5 Å². The van der Waals surface area contributed by atoms with E-state index in [1.54, 1.807) is 41.5 Å². The number of methoxy groups -OCH3 is 2. The van der Waals surface area contributed by atoms with Gasteiger partial charge in [-0.25, -0.2) is 9.18 Å². The molecule has 2 aliphatic heterocycles. The van der Waals surface area contributed by atoms with Crippen molar-refractivity contribution in [2.45, 2.75) is 141 Å². The third-order valence-electron chi connectivity index (χ3n) is 11.3. The maximum absolute atomic E-state index is 14.1. The zero-order valence-electron chi connectivity index (χ0n) is 33.5. The number of hydrogen-bond acceptors (Lipinski definition) is 12. The molecule has 0 saturated carbocycles. The van der Waals surface area contributed by atoms with Crippen molar-refractivity contribution in [2.24, 2.45) is 23.7 Å². The molecule has 302 valence electrons. The van der Waals surface area contributed by atoms with Gasteiger partial charge in [-0.1, -0.05) is 39.8 Å². The van der Waals surface area contributed by atoms with Crippen molar-refractivity contribution in [2.75, 3.05) is 28.3 Å². The number of esters is 1. The molecule has 1 amide bonds. The highest BCUT2D eigenvalue weighted by atomic mass is 19.1. The maximum Gasteiger partial charge on any atom is 0.407 e. The van der Waals surface area contributed by atoms with Gasteiger partial charge in [0.25, 0.3) is 0 Å². The highest BCUT2D eigenvalue weighted by molar-refractivity contribution is 5.83. The Bertz CT molecular complexity index is 1360. The van der Waals surface area contributed by atoms with E-state index >= 15 is 0 Å². The van der Waals surface area contributed by atoms with Crippen molar-refractivity contribution in [1.82, 2.24) is 10.2 Å². The van der Waals surface area contributed by atoms with Crippen LogP contribution < -0.4 is 5.32 Å². The minimum atomic E-state index is -1.78. The van der Waals surface area contributed by atoms with Gasteiger partial charge in [0.2, 0.25) is 0 Å². The lowest BCUT2D eigenvalue weighted by atomic mass is 9.73. The fourth-order valence-electron chi connectivity index (χ4n) is 8.15. The molecule has 2 saturated heterocycles. The molecule has 2 heterocycles. The molecule has 14 atom stereocenters. The van der Waals surface area contributed by atoms with E-state index in [0.717, 1.165) is 0 Å². The van der Waals surface area contributed by atoms with Gasteiger partial charge in [0.05, 0.1) is 29.8 Å². The first kappa shape index (κ1) is 44.7. The van der Waals surface area contributed by atoms with Gasteiger partial charge < -0.3 is 48.9 Å². The number of rotatable bonds is 9. The fourth-order valence-corrected chi connectivity index (χ4v) is 8.15. The molecule has 0 bridgehead atoms. The topological polar surface area (TPSA) is 162 Å². The van der Waals surface area contributed by atoms with E-state index in [4.69, 9.17) is 28.4 Å². The summed E-state index contributed by atoms with van der Waals surface area (Å²) in [4.78, 5) is 43.6. The predicted molar refractivity (Wildman–Crippen MR) is 194 cm³/mol. The number of ketones is 1. The van der Waals surface area contributed by atoms with Crippen LogP contribution in [0.4, 0.5) is 9.18 Å². The molecule has 53 heavy (non-hydrogen) atoms. The predicted octanol–water partition coefficient (Wildman–Crippen LogP) is 4.24. The number of Topliss-reactive ketones (excluding diaryl/α,β-unsaturated/α-hetero) is 1. The molecular formula is C39H63FN2O11. The van der Waals surface area contributed by atoms with Gasteiger partial charge in [-0.05, 0) is 78.7 Å². The summed E-state index contributed by atoms with van der Waals surface area (Å²) in [5.41, 5.74) is -2.45. The van der Waals surface area contributed by atoms with E-state index in [0.29, 0.717) is 12.0 Å². The van der Waals surface area contributed by atoms with Crippen molar-refractivity contribution in [3.8, 4) is 0 Å². The van der Waals surface area contributed by atoms with E-state index in [-0.39, 0.29) is 37.3 Å². The lowest BCUT2D eigenvalue weighted by Gasteiger charge is -2.48. The molecule has 0 aliphatic carbocycles. The third kappa shape index (κ3) is 10.5. The Kier molecular flexibility index (Phi) is 15.8. The van der Waals surface area contributed by atoms with Gasteiger partial charge >= 0.3 is 12.1 Å². The Hall–Kier alpha value is -2.72. The number of nitrogens with zero attached hydrogens (tertiary/aromatic N) is 1. The van der Waals surface area contributed by atoms with Crippen molar-refractivity contribution >= 4 is 17.8 Å². The number of alkyl carbamates (subject to hydrolysis) is 1. The smallest absolute Gasteiger partial charge is 0.407 e. The Morgan fingerprint density at radius 2 is 1.66 bits per heavy atom. The van der Waals surface area contributed by atoms with E-state index in [2.05, 4.69) is 5.32 Å². The largest absolute Gasteiger partial charge is 0.459 e. The number of ether oxygens (including phenoxy) is 6. The fraction of sp³-hybridized carbons (Fsp3) is 0.769. The highest BCUT2D eigenvalue weighted by Crippen LogP contribution is 2.40. The average molecular weight is 755 g/mol. The number of aliphatic hydroxyl groups excluding tert-OH is 1. The SMILES string of the molecule is CC[C@H]1OC(=O)[C@H](C)[C@@H](OC(=O)NCc2ccc(F)cc2)[C@H](C)[C@@H](O[C@@H]2O[C@H](C)C[C@H](N(C)C)[C@H]2O)[C@](C)(OC)C[C@@H](C)C(=O)[C@H](C)[C@@H](OC)[C@]1(C)O. The van der Waals surface area contributed by atoms with Crippen LogP contribution in [0, 0.1) is 29.5 Å². The average Bonchev–Trinajstić information content (AvgIpc) is 3.10. The second kappa shape index (κ2) is 18.7. The Balaban J connectivity index is 2.16. The van der Waals surface area contributed by atoms with Crippen LogP contribution in [0.2, 0.25) is 0 Å². The minimum Gasteiger partial charge on any atom is -0.459 e. The molecule has 3 rings (SSSR count). The number of likely N-dealkylation sites (N-methyl/N-ethyl adjacent to an activating group) is 1. The van der Waals surface area contributed by atoms with E-state index < -0.39 is 89.6 Å². The van der Waals surface area contributed by atoms with Gasteiger partial charge in [-0.2, -0.15) is 0 Å². The molecule has 1 aromatic carbocycles. The number of carbonyl (C=O) groups is 3. The van der Waals surface area contributed by atoms with Gasteiger partial charge in [-0.15, -0.1) is 0 Å².